The average molecular weight is 244 g/mol. The van der Waals surface area contributed by atoms with Crippen molar-refractivity contribution in [3.8, 4) is 0 Å². The van der Waals surface area contributed by atoms with Gasteiger partial charge in [0.1, 0.15) is 0 Å². The van der Waals surface area contributed by atoms with Crippen LogP contribution in [0.1, 0.15) is 24.1 Å². The van der Waals surface area contributed by atoms with Crippen molar-refractivity contribution in [2.75, 3.05) is 7.05 Å². The van der Waals surface area contributed by atoms with Crippen LogP contribution in [0.25, 0.3) is 0 Å². The summed E-state index contributed by atoms with van der Waals surface area (Å²) in [5.74, 6) is 0. The first-order valence-electron chi connectivity index (χ1n) is 6.20. The molecule has 1 aromatic heterocycles. The molecule has 0 aliphatic carbocycles. The van der Waals surface area contributed by atoms with Gasteiger partial charge in [0, 0.05) is 24.2 Å². The quantitative estimate of drug-likeness (QED) is 0.879. The van der Waals surface area contributed by atoms with Crippen molar-refractivity contribution in [2.24, 2.45) is 5.73 Å². The fourth-order valence-corrected chi connectivity index (χ4v) is 2.38. The van der Waals surface area contributed by atoms with E-state index in [4.69, 9.17) is 10.2 Å². The number of likely N-dealkylation sites (N-methyl/N-ethyl adjacent to an activating group) is 1. The number of hydrogen-bond acceptors (Lipinski definition) is 3. The zero-order valence-corrected chi connectivity index (χ0v) is 10.9. The van der Waals surface area contributed by atoms with Crippen LogP contribution in [0.2, 0.25) is 0 Å². The topological polar surface area (TPSA) is 42.4 Å². The lowest BCUT2D eigenvalue weighted by atomic mass is 9.99. The third-order valence-electron chi connectivity index (χ3n) is 3.13. The lowest BCUT2D eigenvalue weighted by Crippen LogP contribution is -2.36. The minimum absolute atomic E-state index is 0.0734. The van der Waals surface area contributed by atoms with E-state index >= 15 is 0 Å². The van der Waals surface area contributed by atoms with Gasteiger partial charge in [0.25, 0.3) is 0 Å². The minimum atomic E-state index is 0.0734. The summed E-state index contributed by atoms with van der Waals surface area (Å²) in [5.41, 5.74) is 8.55. The summed E-state index contributed by atoms with van der Waals surface area (Å²) in [6.45, 7) is 2.88. The van der Waals surface area contributed by atoms with Crippen LogP contribution in [0.3, 0.4) is 0 Å². The first-order chi connectivity index (χ1) is 8.68. The Kier molecular flexibility index (Phi) is 4.18. The highest BCUT2D eigenvalue weighted by molar-refractivity contribution is 5.21. The smallest absolute Gasteiger partial charge is 0.0947 e. The molecule has 2 N–H and O–H groups in total. The second-order valence-electron chi connectivity index (χ2n) is 4.76. The molecule has 0 aliphatic rings. The first kappa shape index (κ1) is 12.9. The van der Waals surface area contributed by atoms with Gasteiger partial charge in [-0.25, -0.2) is 0 Å². The number of benzene rings is 1. The normalized spacial score (nSPS) is 14.7. The first-order valence-corrected chi connectivity index (χ1v) is 6.20. The maximum absolute atomic E-state index is 6.13. The van der Waals surface area contributed by atoms with Gasteiger partial charge in [-0.15, -0.1) is 0 Å². The Bertz CT molecular complexity index is 451. The summed E-state index contributed by atoms with van der Waals surface area (Å²) in [7, 11) is 2.09. The maximum Gasteiger partial charge on any atom is 0.0947 e. The highest BCUT2D eigenvalue weighted by Gasteiger charge is 2.21. The van der Waals surface area contributed by atoms with Gasteiger partial charge in [-0.05, 0) is 25.6 Å². The molecule has 96 valence electrons. The van der Waals surface area contributed by atoms with Gasteiger partial charge < -0.3 is 10.2 Å². The van der Waals surface area contributed by atoms with Gasteiger partial charge in [0.15, 0.2) is 0 Å². The Balaban J connectivity index is 2.15. The van der Waals surface area contributed by atoms with Crippen molar-refractivity contribution in [3.05, 3.63) is 60.1 Å². The van der Waals surface area contributed by atoms with Crippen LogP contribution >= 0.6 is 0 Å². The molecule has 2 unspecified atom stereocenters. The summed E-state index contributed by atoms with van der Waals surface area (Å²) in [6, 6.07) is 12.6. The molecule has 1 heterocycles. The summed E-state index contributed by atoms with van der Waals surface area (Å²) >= 11 is 0. The molecule has 0 aliphatic heterocycles. The van der Waals surface area contributed by atoms with Crippen molar-refractivity contribution in [2.45, 2.75) is 25.6 Å². The fourth-order valence-electron chi connectivity index (χ4n) is 2.38. The van der Waals surface area contributed by atoms with Crippen LogP contribution in [0, 0.1) is 0 Å². The second-order valence-corrected chi connectivity index (χ2v) is 4.76. The fraction of sp³-hybridized carbons (Fsp3) is 0.333. The standard InChI is InChI=1S/C15H20N2O/c1-12(16)15(14-6-4-3-5-7-14)17(2)10-13-8-9-18-11-13/h3-9,11-12,15H,10,16H2,1-2H3. The predicted molar refractivity (Wildman–Crippen MR) is 73.0 cm³/mol. The van der Waals surface area contributed by atoms with Crippen LogP contribution in [-0.4, -0.2) is 18.0 Å². The number of furan rings is 1. The van der Waals surface area contributed by atoms with Crippen molar-refractivity contribution in [1.82, 2.24) is 4.90 Å². The molecule has 18 heavy (non-hydrogen) atoms. The van der Waals surface area contributed by atoms with Gasteiger partial charge in [0.05, 0.1) is 12.5 Å². The number of hydrogen-bond donors (Lipinski definition) is 1. The highest BCUT2D eigenvalue weighted by Crippen LogP contribution is 2.23. The van der Waals surface area contributed by atoms with E-state index in [1.807, 2.05) is 19.1 Å². The molecule has 0 amide bonds. The van der Waals surface area contributed by atoms with Gasteiger partial charge in [-0.3, -0.25) is 4.90 Å². The van der Waals surface area contributed by atoms with Gasteiger partial charge in [0.2, 0.25) is 0 Å². The number of rotatable bonds is 5. The highest BCUT2D eigenvalue weighted by atomic mass is 16.3. The van der Waals surface area contributed by atoms with Crippen LogP contribution in [0.15, 0.2) is 53.3 Å². The monoisotopic (exact) mass is 244 g/mol. The molecule has 0 saturated heterocycles. The Morgan fingerprint density at radius 3 is 2.50 bits per heavy atom. The molecule has 2 atom stereocenters. The molecule has 1 aromatic carbocycles. The van der Waals surface area contributed by atoms with E-state index in [-0.39, 0.29) is 12.1 Å². The molecule has 0 spiro atoms. The molecule has 0 radical (unpaired) electrons. The van der Waals surface area contributed by atoms with E-state index in [1.54, 1.807) is 12.5 Å². The van der Waals surface area contributed by atoms with E-state index in [0.29, 0.717) is 0 Å². The molecular formula is C15H20N2O. The molecule has 0 saturated carbocycles. The van der Waals surface area contributed by atoms with Crippen LogP contribution in [0.4, 0.5) is 0 Å². The molecule has 3 nitrogen and oxygen atoms in total. The van der Waals surface area contributed by atoms with E-state index in [9.17, 15) is 0 Å². The SMILES string of the molecule is CC(N)C(c1ccccc1)N(C)Cc1ccoc1. The average Bonchev–Trinajstić information content (AvgIpc) is 2.83. The maximum atomic E-state index is 6.13. The van der Waals surface area contributed by atoms with Crippen LogP contribution in [0.5, 0.6) is 0 Å². The Hall–Kier alpha value is -1.58. The largest absolute Gasteiger partial charge is 0.472 e. The Labute approximate surface area is 108 Å². The van der Waals surface area contributed by atoms with Crippen LogP contribution < -0.4 is 5.73 Å². The molecule has 2 rings (SSSR count). The molecule has 0 fully saturated rings. The lowest BCUT2D eigenvalue weighted by molar-refractivity contribution is 0.210. The Morgan fingerprint density at radius 2 is 1.94 bits per heavy atom. The zero-order chi connectivity index (χ0) is 13.0. The number of nitrogens with zero attached hydrogens (tertiary/aromatic N) is 1. The van der Waals surface area contributed by atoms with E-state index in [0.717, 1.165) is 6.54 Å². The molecule has 0 bridgehead atoms. The van der Waals surface area contributed by atoms with Gasteiger partial charge in [-0.2, -0.15) is 0 Å². The van der Waals surface area contributed by atoms with E-state index in [2.05, 4.69) is 36.2 Å². The van der Waals surface area contributed by atoms with E-state index < -0.39 is 0 Å². The summed E-state index contributed by atoms with van der Waals surface area (Å²) in [4.78, 5) is 2.25. The van der Waals surface area contributed by atoms with Crippen molar-refractivity contribution in [1.29, 1.82) is 0 Å². The second kappa shape index (κ2) is 5.85. The molecule has 3 heteroatoms. The summed E-state index contributed by atoms with van der Waals surface area (Å²) < 4.78 is 5.10. The third-order valence-corrected chi connectivity index (χ3v) is 3.13. The van der Waals surface area contributed by atoms with Gasteiger partial charge in [-0.1, -0.05) is 30.3 Å². The summed E-state index contributed by atoms with van der Waals surface area (Å²) in [5, 5.41) is 0. The van der Waals surface area contributed by atoms with Crippen molar-refractivity contribution in [3.63, 3.8) is 0 Å². The van der Waals surface area contributed by atoms with Crippen LogP contribution in [-0.2, 0) is 6.54 Å². The van der Waals surface area contributed by atoms with Gasteiger partial charge >= 0.3 is 0 Å². The zero-order valence-electron chi connectivity index (χ0n) is 10.9. The minimum Gasteiger partial charge on any atom is -0.472 e. The summed E-state index contributed by atoms with van der Waals surface area (Å²) in [6.07, 6.45) is 3.48. The van der Waals surface area contributed by atoms with Crippen molar-refractivity contribution >= 4 is 0 Å². The molecule has 2 aromatic rings. The third kappa shape index (κ3) is 3.00. The number of nitrogens with two attached hydrogens (primary N) is 1. The predicted octanol–water partition coefficient (Wildman–Crippen LogP) is 2.80. The van der Waals surface area contributed by atoms with Crippen molar-refractivity contribution < 1.29 is 4.42 Å². The van der Waals surface area contributed by atoms with E-state index in [1.165, 1.54) is 11.1 Å². The lowest BCUT2D eigenvalue weighted by Gasteiger charge is -2.31. The molecular weight excluding hydrogens is 224 g/mol. The Morgan fingerprint density at radius 1 is 1.22 bits per heavy atom.